The van der Waals surface area contributed by atoms with Crippen LogP contribution in [0.1, 0.15) is 11.1 Å². The fourth-order valence-electron chi connectivity index (χ4n) is 2.77. The predicted molar refractivity (Wildman–Crippen MR) is 92.6 cm³/mol. The molecule has 0 unspecified atom stereocenters. The highest BCUT2D eigenvalue weighted by molar-refractivity contribution is 6.33. The van der Waals surface area contributed by atoms with Gasteiger partial charge in [-0.25, -0.2) is 0 Å². The molecule has 2 aliphatic heterocycles. The first-order chi connectivity index (χ1) is 11.7. The van der Waals surface area contributed by atoms with E-state index in [-0.39, 0.29) is 12.5 Å². The van der Waals surface area contributed by atoms with Crippen molar-refractivity contribution >= 4 is 23.4 Å². The Morgan fingerprint density at radius 1 is 1.17 bits per heavy atom. The van der Waals surface area contributed by atoms with Crippen molar-refractivity contribution in [1.29, 1.82) is 0 Å². The SMILES string of the molecule is COc1ccc2c(c1)C=C1C(=O)N(c3ccc(C)cc3)N=C1CO2. The molecular weight excluding hydrogens is 304 g/mol. The number of nitrogens with zero attached hydrogens (tertiary/aromatic N) is 2. The van der Waals surface area contributed by atoms with Crippen LogP contribution < -0.4 is 14.5 Å². The Labute approximate surface area is 139 Å². The molecule has 5 heteroatoms. The van der Waals surface area contributed by atoms with Gasteiger partial charge in [-0.2, -0.15) is 10.1 Å². The number of fused-ring (bicyclic) bond motifs is 2. The van der Waals surface area contributed by atoms with Gasteiger partial charge in [-0.15, -0.1) is 0 Å². The Morgan fingerprint density at radius 3 is 2.71 bits per heavy atom. The van der Waals surface area contributed by atoms with Crippen LogP contribution in [0, 0.1) is 6.92 Å². The van der Waals surface area contributed by atoms with Crippen LogP contribution in [-0.2, 0) is 4.79 Å². The van der Waals surface area contributed by atoms with Gasteiger partial charge in [0.2, 0.25) is 0 Å². The molecule has 2 aliphatic rings. The molecule has 4 rings (SSSR count). The maximum atomic E-state index is 12.8. The van der Waals surface area contributed by atoms with E-state index in [9.17, 15) is 4.79 Å². The number of hydrogen-bond acceptors (Lipinski definition) is 4. The maximum Gasteiger partial charge on any atom is 0.280 e. The van der Waals surface area contributed by atoms with E-state index in [2.05, 4.69) is 5.10 Å². The van der Waals surface area contributed by atoms with E-state index < -0.39 is 0 Å². The van der Waals surface area contributed by atoms with E-state index in [1.54, 1.807) is 7.11 Å². The summed E-state index contributed by atoms with van der Waals surface area (Å²) in [7, 11) is 1.61. The smallest absolute Gasteiger partial charge is 0.280 e. The molecule has 0 N–H and O–H groups in total. The summed E-state index contributed by atoms with van der Waals surface area (Å²) in [5.74, 6) is 1.29. The number of carbonyl (C=O) groups is 1. The first-order valence-electron chi connectivity index (χ1n) is 7.67. The fourth-order valence-corrected chi connectivity index (χ4v) is 2.77. The van der Waals surface area contributed by atoms with Crippen LogP contribution in [-0.4, -0.2) is 25.3 Å². The lowest BCUT2D eigenvalue weighted by Crippen LogP contribution is -2.21. The van der Waals surface area contributed by atoms with Crippen molar-refractivity contribution in [3.05, 3.63) is 59.2 Å². The van der Waals surface area contributed by atoms with Crippen molar-refractivity contribution in [3.8, 4) is 11.5 Å². The summed E-state index contributed by atoms with van der Waals surface area (Å²) in [4.78, 5) is 12.8. The molecule has 2 heterocycles. The molecule has 0 radical (unpaired) electrons. The first kappa shape index (κ1) is 14.5. The largest absolute Gasteiger partial charge is 0.497 e. The van der Waals surface area contributed by atoms with Gasteiger partial charge in [0.1, 0.15) is 23.8 Å². The summed E-state index contributed by atoms with van der Waals surface area (Å²) in [6, 6.07) is 13.2. The van der Waals surface area contributed by atoms with E-state index in [0.29, 0.717) is 11.3 Å². The van der Waals surface area contributed by atoms with Gasteiger partial charge in [0.15, 0.2) is 0 Å². The topological polar surface area (TPSA) is 51.1 Å². The molecule has 0 spiro atoms. The number of benzene rings is 2. The van der Waals surface area contributed by atoms with Gasteiger partial charge in [0.05, 0.1) is 18.4 Å². The second-order valence-electron chi connectivity index (χ2n) is 5.75. The molecular formula is C19H16N2O3. The van der Waals surface area contributed by atoms with Crippen LogP contribution in [0.4, 0.5) is 5.69 Å². The van der Waals surface area contributed by atoms with Crippen LogP contribution in [0.5, 0.6) is 11.5 Å². The minimum atomic E-state index is -0.145. The summed E-state index contributed by atoms with van der Waals surface area (Å²) < 4.78 is 11.0. The highest BCUT2D eigenvalue weighted by atomic mass is 16.5. The molecule has 1 amide bonds. The van der Waals surface area contributed by atoms with Crippen LogP contribution >= 0.6 is 0 Å². The number of aryl methyl sites for hydroxylation is 1. The van der Waals surface area contributed by atoms with Crippen molar-refractivity contribution < 1.29 is 14.3 Å². The zero-order valence-electron chi connectivity index (χ0n) is 13.4. The molecule has 0 fully saturated rings. The van der Waals surface area contributed by atoms with Gasteiger partial charge in [-0.3, -0.25) is 4.79 Å². The Kier molecular flexibility index (Phi) is 3.34. The van der Waals surface area contributed by atoms with E-state index in [1.165, 1.54) is 5.01 Å². The van der Waals surface area contributed by atoms with E-state index in [0.717, 1.165) is 28.3 Å². The van der Waals surface area contributed by atoms with Crippen LogP contribution in [0.15, 0.2) is 53.1 Å². The maximum absolute atomic E-state index is 12.8. The molecule has 120 valence electrons. The molecule has 2 aromatic rings. The number of hydrogen-bond donors (Lipinski definition) is 0. The van der Waals surface area contributed by atoms with Gasteiger partial charge in [-0.1, -0.05) is 17.7 Å². The van der Waals surface area contributed by atoms with Gasteiger partial charge in [0.25, 0.3) is 5.91 Å². The fraction of sp³-hybridized carbons (Fsp3) is 0.158. The summed E-state index contributed by atoms with van der Waals surface area (Å²) in [6.07, 6.45) is 1.82. The Bertz CT molecular complexity index is 882. The van der Waals surface area contributed by atoms with Gasteiger partial charge >= 0.3 is 0 Å². The van der Waals surface area contributed by atoms with Gasteiger partial charge < -0.3 is 9.47 Å². The van der Waals surface area contributed by atoms with Crippen LogP contribution in [0.25, 0.3) is 6.08 Å². The van der Waals surface area contributed by atoms with Crippen molar-refractivity contribution in [2.24, 2.45) is 5.10 Å². The number of ether oxygens (including phenoxy) is 2. The molecule has 5 nitrogen and oxygen atoms in total. The third-order valence-electron chi connectivity index (χ3n) is 4.11. The Morgan fingerprint density at radius 2 is 1.96 bits per heavy atom. The van der Waals surface area contributed by atoms with E-state index in [4.69, 9.17) is 9.47 Å². The van der Waals surface area contributed by atoms with Gasteiger partial charge in [0, 0.05) is 5.56 Å². The second-order valence-corrected chi connectivity index (χ2v) is 5.75. The Balaban J connectivity index is 1.74. The molecule has 2 aromatic carbocycles. The molecule has 0 bridgehead atoms. The minimum Gasteiger partial charge on any atom is -0.497 e. The average molecular weight is 320 g/mol. The van der Waals surface area contributed by atoms with E-state index >= 15 is 0 Å². The van der Waals surface area contributed by atoms with E-state index in [1.807, 2.05) is 55.5 Å². The highest BCUT2D eigenvalue weighted by Gasteiger charge is 2.33. The lowest BCUT2D eigenvalue weighted by Gasteiger charge is -2.12. The predicted octanol–water partition coefficient (Wildman–Crippen LogP) is 3.18. The number of carbonyl (C=O) groups excluding carboxylic acids is 1. The first-order valence-corrected chi connectivity index (χ1v) is 7.67. The minimum absolute atomic E-state index is 0.145. The number of hydrazone groups is 1. The van der Waals surface area contributed by atoms with Crippen LogP contribution in [0.2, 0.25) is 0 Å². The van der Waals surface area contributed by atoms with Gasteiger partial charge in [-0.05, 0) is 43.3 Å². The number of rotatable bonds is 2. The summed E-state index contributed by atoms with van der Waals surface area (Å²) in [6.45, 7) is 2.27. The molecule has 0 saturated heterocycles. The summed E-state index contributed by atoms with van der Waals surface area (Å²) in [5, 5.41) is 5.88. The molecule has 0 atom stereocenters. The molecule has 0 aromatic heterocycles. The standard InChI is InChI=1S/C19H16N2O3/c1-12-3-5-14(6-4-12)21-19(22)16-10-13-9-15(23-2)7-8-18(13)24-11-17(16)20-21/h3-10H,11H2,1-2H3. The van der Waals surface area contributed by atoms with Crippen molar-refractivity contribution in [3.63, 3.8) is 0 Å². The zero-order valence-corrected chi connectivity index (χ0v) is 13.4. The quantitative estimate of drug-likeness (QED) is 0.854. The lowest BCUT2D eigenvalue weighted by atomic mass is 10.1. The van der Waals surface area contributed by atoms with Crippen molar-refractivity contribution in [2.45, 2.75) is 6.92 Å². The highest BCUT2D eigenvalue weighted by Crippen LogP contribution is 2.32. The number of methoxy groups -OCH3 is 1. The van der Waals surface area contributed by atoms with Crippen molar-refractivity contribution in [1.82, 2.24) is 0 Å². The average Bonchev–Trinajstić information content (AvgIpc) is 2.80. The van der Waals surface area contributed by atoms with Crippen molar-refractivity contribution in [2.75, 3.05) is 18.7 Å². The molecule has 0 saturated carbocycles. The third kappa shape index (κ3) is 2.34. The normalized spacial score (nSPS) is 15.8. The monoisotopic (exact) mass is 320 g/mol. The number of anilines is 1. The summed E-state index contributed by atoms with van der Waals surface area (Å²) >= 11 is 0. The summed E-state index contributed by atoms with van der Waals surface area (Å²) in [5.41, 5.74) is 3.89. The third-order valence-corrected chi connectivity index (χ3v) is 4.11. The Hall–Kier alpha value is -3.08. The molecule has 0 aliphatic carbocycles. The second kappa shape index (κ2) is 5.53. The molecule has 24 heavy (non-hydrogen) atoms. The lowest BCUT2D eigenvalue weighted by molar-refractivity contribution is -0.114. The van der Waals surface area contributed by atoms with Crippen LogP contribution in [0.3, 0.4) is 0 Å². The zero-order chi connectivity index (χ0) is 16.7. The number of amides is 1.